The highest BCUT2D eigenvalue weighted by Gasteiger charge is 2.25. The van der Waals surface area contributed by atoms with Crippen LogP contribution in [0.2, 0.25) is 0 Å². The molecule has 0 bridgehead atoms. The third-order valence-electron chi connectivity index (χ3n) is 4.84. The molecule has 3 rings (SSSR count). The van der Waals surface area contributed by atoms with E-state index in [4.69, 9.17) is 0 Å². The molecule has 0 unspecified atom stereocenters. The highest BCUT2D eigenvalue weighted by Crippen LogP contribution is 2.32. The van der Waals surface area contributed by atoms with Gasteiger partial charge in [0.15, 0.2) is 0 Å². The molecule has 1 aliphatic rings. The van der Waals surface area contributed by atoms with Crippen molar-refractivity contribution < 1.29 is 8.42 Å². The molecule has 25 heavy (non-hydrogen) atoms. The van der Waals surface area contributed by atoms with Gasteiger partial charge in [0.05, 0.1) is 4.90 Å². The summed E-state index contributed by atoms with van der Waals surface area (Å²) >= 11 is 0. The molecule has 134 valence electrons. The number of piperidine rings is 1. The minimum Gasteiger partial charge on any atom is -0.371 e. The number of nitrogens with one attached hydrogen (secondary N) is 1. The van der Waals surface area contributed by atoms with Gasteiger partial charge in [-0.2, -0.15) is 0 Å². The van der Waals surface area contributed by atoms with E-state index in [1.807, 2.05) is 12.1 Å². The summed E-state index contributed by atoms with van der Waals surface area (Å²) in [4.78, 5) is 6.55. The summed E-state index contributed by atoms with van der Waals surface area (Å²) in [6.45, 7) is 6.88. The largest absolute Gasteiger partial charge is 0.371 e. The van der Waals surface area contributed by atoms with E-state index < -0.39 is 10.0 Å². The molecule has 0 amide bonds. The molecule has 6 heteroatoms. The maximum atomic E-state index is 12.4. The molecule has 2 heterocycles. The van der Waals surface area contributed by atoms with Crippen LogP contribution in [-0.4, -0.2) is 26.5 Å². The van der Waals surface area contributed by atoms with Crippen LogP contribution in [-0.2, 0) is 16.6 Å². The van der Waals surface area contributed by atoms with Crippen LogP contribution in [0.5, 0.6) is 0 Å². The number of benzene rings is 1. The number of hydrogen-bond acceptors (Lipinski definition) is 4. The minimum absolute atomic E-state index is 0.258. The maximum absolute atomic E-state index is 12.4. The predicted molar refractivity (Wildman–Crippen MR) is 99.9 cm³/mol. The Labute approximate surface area is 150 Å². The van der Waals surface area contributed by atoms with Crippen LogP contribution in [0.3, 0.4) is 0 Å². The van der Waals surface area contributed by atoms with Gasteiger partial charge in [0.25, 0.3) is 0 Å². The van der Waals surface area contributed by atoms with Gasteiger partial charge in [-0.3, -0.25) is 4.98 Å². The molecular weight excluding hydrogens is 334 g/mol. The second-order valence-corrected chi connectivity index (χ2v) is 9.09. The van der Waals surface area contributed by atoms with Crippen molar-refractivity contribution in [1.29, 1.82) is 0 Å². The lowest BCUT2D eigenvalue weighted by Crippen LogP contribution is -2.37. The Morgan fingerprint density at radius 1 is 1.04 bits per heavy atom. The molecule has 1 aliphatic heterocycles. The molecule has 0 atom stereocenters. The summed E-state index contributed by atoms with van der Waals surface area (Å²) in [6.07, 6.45) is 5.61. The number of anilines is 1. The molecule has 2 aromatic rings. The summed E-state index contributed by atoms with van der Waals surface area (Å²) < 4.78 is 27.5. The van der Waals surface area contributed by atoms with E-state index in [0.29, 0.717) is 10.3 Å². The zero-order chi connectivity index (χ0) is 17.9. The minimum atomic E-state index is -3.51. The first-order chi connectivity index (χ1) is 11.9. The van der Waals surface area contributed by atoms with Crippen LogP contribution < -0.4 is 9.62 Å². The number of rotatable bonds is 5. The van der Waals surface area contributed by atoms with Crippen LogP contribution in [0.4, 0.5) is 5.69 Å². The Kier molecular flexibility index (Phi) is 5.11. The van der Waals surface area contributed by atoms with E-state index in [2.05, 4.69) is 28.5 Å². The smallest absolute Gasteiger partial charge is 0.240 e. The fraction of sp³-hybridized carbons (Fsp3) is 0.421. The summed E-state index contributed by atoms with van der Waals surface area (Å²) in [5.41, 5.74) is 2.37. The molecule has 0 radical (unpaired) electrons. The van der Waals surface area contributed by atoms with Crippen molar-refractivity contribution in [2.24, 2.45) is 5.41 Å². The fourth-order valence-corrected chi connectivity index (χ4v) is 3.99. The lowest BCUT2D eigenvalue weighted by molar-refractivity contribution is 0.280. The molecule has 1 N–H and O–H groups in total. The van der Waals surface area contributed by atoms with Gasteiger partial charge >= 0.3 is 0 Å². The van der Waals surface area contributed by atoms with Crippen LogP contribution in [0.15, 0.2) is 53.7 Å². The van der Waals surface area contributed by atoms with Crippen molar-refractivity contribution in [1.82, 2.24) is 9.71 Å². The summed E-state index contributed by atoms with van der Waals surface area (Å²) in [6, 6.07) is 10.8. The number of nitrogens with zero attached hydrogens (tertiary/aromatic N) is 2. The van der Waals surface area contributed by atoms with Crippen molar-refractivity contribution >= 4 is 15.7 Å². The van der Waals surface area contributed by atoms with Gasteiger partial charge in [-0.1, -0.05) is 13.8 Å². The second-order valence-electron chi connectivity index (χ2n) is 7.33. The third-order valence-corrected chi connectivity index (χ3v) is 6.26. The average molecular weight is 359 g/mol. The first kappa shape index (κ1) is 17.9. The molecule has 0 saturated carbocycles. The Morgan fingerprint density at radius 3 is 2.24 bits per heavy atom. The molecule has 5 nitrogen and oxygen atoms in total. The predicted octanol–water partition coefficient (Wildman–Crippen LogP) is 3.19. The summed E-state index contributed by atoms with van der Waals surface area (Å²) in [7, 11) is -3.51. The molecule has 1 fully saturated rings. The molecule has 0 spiro atoms. The number of aromatic nitrogens is 1. The van der Waals surface area contributed by atoms with Gasteiger partial charge in [0.2, 0.25) is 10.0 Å². The molecule has 1 aromatic carbocycles. The van der Waals surface area contributed by atoms with Gasteiger partial charge < -0.3 is 4.90 Å². The number of pyridine rings is 1. The van der Waals surface area contributed by atoms with E-state index >= 15 is 0 Å². The zero-order valence-corrected chi connectivity index (χ0v) is 15.6. The van der Waals surface area contributed by atoms with Crippen molar-refractivity contribution in [2.45, 2.75) is 38.1 Å². The van der Waals surface area contributed by atoms with Crippen molar-refractivity contribution in [3.63, 3.8) is 0 Å². The van der Waals surface area contributed by atoms with Gasteiger partial charge in [-0.05, 0) is 60.2 Å². The number of hydrogen-bond donors (Lipinski definition) is 1. The van der Waals surface area contributed by atoms with Gasteiger partial charge in [-0.15, -0.1) is 0 Å². The Bertz CT molecular complexity index is 792. The molecule has 0 aliphatic carbocycles. The Balaban J connectivity index is 1.65. The molecular formula is C19H25N3O2S. The Morgan fingerprint density at radius 2 is 1.64 bits per heavy atom. The summed E-state index contributed by atoms with van der Waals surface area (Å²) in [5, 5.41) is 0. The second kappa shape index (κ2) is 7.14. The van der Waals surface area contributed by atoms with E-state index in [-0.39, 0.29) is 6.54 Å². The van der Waals surface area contributed by atoms with Crippen molar-refractivity contribution in [3.05, 3.63) is 54.4 Å². The average Bonchev–Trinajstić information content (AvgIpc) is 2.61. The van der Waals surface area contributed by atoms with Crippen molar-refractivity contribution in [3.8, 4) is 0 Å². The van der Waals surface area contributed by atoms with Crippen LogP contribution in [0.25, 0.3) is 0 Å². The SMILES string of the molecule is CC1(C)CCN(c2ccc(S(=O)(=O)NCc3ccncc3)cc2)CC1. The van der Waals surface area contributed by atoms with E-state index in [1.165, 1.54) is 0 Å². The topological polar surface area (TPSA) is 62.3 Å². The quantitative estimate of drug-likeness (QED) is 0.891. The van der Waals surface area contributed by atoms with Crippen LogP contribution in [0.1, 0.15) is 32.3 Å². The van der Waals surface area contributed by atoms with E-state index in [0.717, 1.165) is 37.2 Å². The first-order valence-corrected chi connectivity index (χ1v) is 10.1. The van der Waals surface area contributed by atoms with E-state index in [9.17, 15) is 8.42 Å². The highest BCUT2D eigenvalue weighted by atomic mass is 32.2. The van der Waals surface area contributed by atoms with Crippen LogP contribution in [0, 0.1) is 5.41 Å². The Hall–Kier alpha value is -1.92. The normalized spacial score (nSPS) is 17.4. The third kappa shape index (κ3) is 4.58. The molecule has 1 aromatic heterocycles. The van der Waals surface area contributed by atoms with Gasteiger partial charge in [-0.25, -0.2) is 13.1 Å². The first-order valence-electron chi connectivity index (χ1n) is 8.59. The highest BCUT2D eigenvalue weighted by molar-refractivity contribution is 7.89. The van der Waals surface area contributed by atoms with Gasteiger partial charge in [0.1, 0.15) is 0 Å². The maximum Gasteiger partial charge on any atom is 0.240 e. The standard InChI is InChI=1S/C19H25N3O2S/c1-19(2)9-13-22(14-10-19)17-3-5-18(6-4-17)25(23,24)21-15-16-7-11-20-12-8-16/h3-8,11-12,21H,9-10,13-15H2,1-2H3. The monoisotopic (exact) mass is 359 g/mol. The summed E-state index contributed by atoms with van der Waals surface area (Å²) in [5.74, 6) is 0. The molecule has 1 saturated heterocycles. The lowest BCUT2D eigenvalue weighted by atomic mass is 9.82. The zero-order valence-electron chi connectivity index (χ0n) is 14.8. The fourth-order valence-electron chi connectivity index (χ4n) is 2.97. The van der Waals surface area contributed by atoms with Gasteiger partial charge in [0, 0.05) is 37.7 Å². The lowest BCUT2D eigenvalue weighted by Gasteiger charge is -2.38. The van der Waals surface area contributed by atoms with E-state index in [1.54, 1.807) is 36.7 Å². The van der Waals surface area contributed by atoms with Crippen molar-refractivity contribution in [2.75, 3.05) is 18.0 Å². The van der Waals surface area contributed by atoms with Crippen LogP contribution >= 0.6 is 0 Å². The number of sulfonamides is 1.